The maximum absolute atomic E-state index is 6.13. The second-order valence-corrected chi connectivity index (χ2v) is 5.18. The van der Waals surface area contributed by atoms with Crippen LogP contribution >= 0.6 is 11.6 Å². The molecule has 0 aliphatic heterocycles. The molecule has 0 bridgehead atoms. The summed E-state index contributed by atoms with van der Waals surface area (Å²) in [6.07, 6.45) is 6.15. The van der Waals surface area contributed by atoms with E-state index in [1.165, 1.54) is 19.3 Å². The van der Waals surface area contributed by atoms with Crippen molar-refractivity contribution in [2.24, 2.45) is 0 Å². The summed E-state index contributed by atoms with van der Waals surface area (Å²) < 4.78 is 5.39. The molecule has 94 valence electrons. The molecule has 1 aliphatic carbocycles. The Morgan fingerprint density at radius 1 is 1.11 bits per heavy atom. The van der Waals surface area contributed by atoms with Crippen LogP contribution in [0.1, 0.15) is 43.9 Å². The van der Waals surface area contributed by atoms with Gasteiger partial charge in [0.25, 0.3) is 0 Å². The topological polar surface area (TPSA) is 38.9 Å². The highest BCUT2D eigenvalue weighted by Crippen LogP contribution is 2.33. The zero-order chi connectivity index (χ0) is 12.4. The Bertz CT molecular complexity index is 532. The van der Waals surface area contributed by atoms with Gasteiger partial charge in [-0.3, -0.25) is 0 Å². The average Bonchev–Trinajstić information content (AvgIpc) is 2.90. The lowest BCUT2D eigenvalue weighted by molar-refractivity contribution is 0.314. The summed E-state index contributed by atoms with van der Waals surface area (Å²) in [5.74, 6) is 1.80. The van der Waals surface area contributed by atoms with E-state index in [-0.39, 0.29) is 0 Å². The first-order valence-corrected chi connectivity index (χ1v) is 6.81. The Balaban J connectivity index is 1.87. The standard InChI is InChI=1S/C14H15ClN2O/c15-12-9-5-4-8-11(12)13-16-14(18-17-13)10-6-2-1-3-7-10/h4-5,8-10H,1-3,6-7H2. The van der Waals surface area contributed by atoms with Crippen molar-refractivity contribution in [3.8, 4) is 11.4 Å². The largest absolute Gasteiger partial charge is 0.339 e. The van der Waals surface area contributed by atoms with E-state index >= 15 is 0 Å². The summed E-state index contributed by atoms with van der Waals surface area (Å²) in [5.41, 5.74) is 0.838. The molecule has 4 heteroatoms. The molecular weight excluding hydrogens is 248 g/mol. The Morgan fingerprint density at radius 3 is 2.67 bits per heavy atom. The molecule has 1 saturated carbocycles. The average molecular weight is 263 g/mol. The first-order chi connectivity index (χ1) is 8.84. The van der Waals surface area contributed by atoms with Crippen LogP contribution in [0.25, 0.3) is 11.4 Å². The normalized spacial score (nSPS) is 16.9. The maximum Gasteiger partial charge on any atom is 0.230 e. The summed E-state index contributed by atoms with van der Waals surface area (Å²) >= 11 is 6.13. The van der Waals surface area contributed by atoms with Crippen molar-refractivity contribution < 1.29 is 4.52 Å². The van der Waals surface area contributed by atoms with Crippen molar-refractivity contribution in [2.75, 3.05) is 0 Å². The first-order valence-electron chi connectivity index (χ1n) is 6.43. The van der Waals surface area contributed by atoms with Gasteiger partial charge in [0, 0.05) is 11.5 Å². The van der Waals surface area contributed by atoms with Gasteiger partial charge in [-0.1, -0.05) is 48.2 Å². The van der Waals surface area contributed by atoms with Crippen LogP contribution in [-0.4, -0.2) is 10.1 Å². The van der Waals surface area contributed by atoms with Crippen molar-refractivity contribution in [1.82, 2.24) is 10.1 Å². The van der Waals surface area contributed by atoms with Crippen LogP contribution in [0.5, 0.6) is 0 Å². The molecule has 3 rings (SSSR count). The van der Waals surface area contributed by atoms with Crippen molar-refractivity contribution >= 4 is 11.6 Å². The van der Waals surface area contributed by atoms with Crippen LogP contribution < -0.4 is 0 Å². The summed E-state index contributed by atoms with van der Waals surface area (Å²) in [4.78, 5) is 4.50. The maximum atomic E-state index is 6.13. The fourth-order valence-corrected chi connectivity index (χ4v) is 2.72. The van der Waals surface area contributed by atoms with Gasteiger partial charge in [0.2, 0.25) is 11.7 Å². The molecule has 18 heavy (non-hydrogen) atoms. The van der Waals surface area contributed by atoms with Crippen LogP contribution in [0.4, 0.5) is 0 Å². The third-order valence-corrected chi connectivity index (χ3v) is 3.84. The van der Waals surface area contributed by atoms with Crippen LogP contribution in [0.2, 0.25) is 5.02 Å². The lowest BCUT2D eigenvalue weighted by Crippen LogP contribution is -2.04. The second kappa shape index (κ2) is 5.11. The number of halogens is 1. The molecule has 0 spiro atoms. The van der Waals surface area contributed by atoms with Gasteiger partial charge in [-0.25, -0.2) is 0 Å². The fourth-order valence-electron chi connectivity index (χ4n) is 2.50. The Morgan fingerprint density at radius 2 is 1.89 bits per heavy atom. The monoisotopic (exact) mass is 262 g/mol. The highest BCUT2D eigenvalue weighted by molar-refractivity contribution is 6.33. The van der Waals surface area contributed by atoms with Gasteiger partial charge in [0.05, 0.1) is 5.02 Å². The molecule has 0 radical (unpaired) electrons. The first kappa shape index (κ1) is 11.7. The SMILES string of the molecule is Clc1ccccc1-c1noc(C2CCCCC2)n1. The molecule has 1 fully saturated rings. The summed E-state index contributed by atoms with van der Waals surface area (Å²) in [7, 11) is 0. The number of aromatic nitrogens is 2. The second-order valence-electron chi connectivity index (χ2n) is 4.77. The third kappa shape index (κ3) is 2.27. The molecule has 0 unspecified atom stereocenters. The highest BCUT2D eigenvalue weighted by atomic mass is 35.5. The van der Waals surface area contributed by atoms with Crippen LogP contribution in [0, 0.1) is 0 Å². The molecule has 1 aromatic carbocycles. The fraction of sp³-hybridized carbons (Fsp3) is 0.429. The lowest BCUT2D eigenvalue weighted by atomic mass is 9.89. The van der Waals surface area contributed by atoms with Crippen molar-refractivity contribution in [2.45, 2.75) is 38.0 Å². The summed E-state index contributed by atoms with van der Waals surface area (Å²) in [6, 6.07) is 7.58. The van der Waals surface area contributed by atoms with E-state index in [2.05, 4.69) is 10.1 Å². The molecule has 3 nitrogen and oxygen atoms in total. The van der Waals surface area contributed by atoms with Crippen molar-refractivity contribution in [3.63, 3.8) is 0 Å². The smallest absolute Gasteiger partial charge is 0.230 e. The summed E-state index contributed by atoms with van der Waals surface area (Å²) in [5, 5.41) is 4.71. The molecule has 2 aromatic rings. The predicted octanol–water partition coefficient (Wildman–Crippen LogP) is 4.44. The predicted molar refractivity (Wildman–Crippen MR) is 70.6 cm³/mol. The zero-order valence-electron chi connectivity index (χ0n) is 10.1. The Kier molecular flexibility index (Phi) is 3.33. The van der Waals surface area contributed by atoms with E-state index in [9.17, 15) is 0 Å². The van der Waals surface area contributed by atoms with Gasteiger partial charge in [-0.15, -0.1) is 0 Å². The van der Waals surface area contributed by atoms with Crippen LogP contribution in [0.15, 0.2) is 28.8 Å². The van der Waals surface area contributed by atoms with Crippen molar-refractivity contribution in [3.05, 3.63) is 35.2 Å². The lowest BCUT2D eigenvalue weighted by Gasteiger charge is -2.17. The number of hydrogen-bond donors (Lipinski definition) is 0. The van der Waals surface area contributed by atoms with Gasteiger partial charge < -0.3 is 4.52 Å². The van der Waals surface area contributed by atoms with E-state index in [4.69, 9.17) is 16.1 Å². The Hall–Kier alpha value is -1.35. The van der Waals surface area contributed by atoms with Crippen LogP contribution in [-0.2, 0) is 0 Å². The van der Waals surface area contributed by atoms with Gasteiger partial charge in [-0.05, 0) is 25.0 Å². The van der Waals surface area contributed by atoms with E-state index in [1.54, 1.807) is 0 Å². The van der Waals surface area contributed by atoms with Gasteiger partial charge in [-0.2, -0.15) is 4.98 Å². The highest BCUT2D eigenvalue weighted by Gasteiger charge is 2.22. The van der Waals surface area contributed by atoms with Crippen LogP contribution in [0.3, 0.4) is 0 Å². The van der Waals surface area contributed by atoms with Crippen molar-refractivity contribution in [1.29, 1.82) is 0 Å². The molecule has 1 aromatic heterocycles. The molecule has 0 amide bonds. The zero-order valence-corrected chi connectivity index (χ0v) is 10.9. The minimum absolute atomic E-state index is 0.433. The molecule has 0 N–H and O–H groups in total. The number of benzene rings is 1. The number of hydrogen-bond acceptors (Lipinski definition) is 3. The van der Waals surface area contributed by atoms with Gasteiger partial charge >= 0.3 is 0 Å². The minimum Gasteiger partial charge on any atom is -0.339 e. The Labute approximate surface area is 111 Å². The summed E-state index contributed by atoms with van der Waals surface area (Å²) in [6.45, 7) is 0. The van der Waals surface area contributed by atoms with E-state index in [1.807, 2.05) is 24.3 Å². The van der Waals surface area contributed by atoms with Gasteiger partial charge in [0.15, 0.2) is 0 Å². The third-order valence-electron chi connectivity index (χ3n) is 3.51. The quantitative estimate of drug-likeness (QED) is 0.803. The van der Waals surface area contributed by atoms with Gasteiger partial charge in [0.1, 0.15) is 0 Å². The molecule has 1 aliphatic rings. The molecule has 0 atom stereocenters. The molecular formula is C14H15ClN2O. The molecule has 1 heterocycles. The minimum atomic E-state index is 0.433. The van der Waals surface area contributed by atoms with E-state index in [0.29, 0.717) is 16.8 Å². The number of nitrogens with zero attached hydrogens (tertiary/aromatic N) is 2. The number of rotatable bonds is 2. The van der Waals surface area contributed by atoms with E-state index < -0.39 is 0 Å². The van der Waals surface area contributed by atoms with E-state index in [0.717, 1.165) is 24.3 Å². The molecule has 0 saturated heterocycles.